The topological polar surface area (TPSA) is 21.6 Å². The molecule has 3 aromatic carbocycles. The molecule has 3 aromatic rings. The van der Waals surface area contributed by atoms with Gasteiger partial charge >= 0.3 is 0 Å². The van der Waals surface area contributed by atoms with E-state index in [1.54, 1.807) is 0 Å². The van der Waals surface area contributed by atoms with Crippen molar-refractivity contribution in [3.05, 3.63) is 94.5 Å². The van der Waals surface area contributed by atoms with Crippen LogP contribution in [0.5, 0.6) is 5.75 Å². The van der Waals surface area contributed by atoms with Crippen molar-refractivity contribution >= 4 is 20.1 Å². The molecule has 0 aliphatic carbocycles. The van der Waals surface area contributed by atoms with E-state index in [0.29, 0.717) is 21.1 Å². The minimum absolute atomic E-state index is 0.0196. The van der Waals surface area contributed by atoms with Gasteiger partial charge in [-0.15, -0.1) is 0 Å². The number of hydrogen-bond donors (Lipinski definition) is 0. The normalized spacial score (nSPS) is 14.8. The summed E-state index contributed by atoms with van der Waals surface area (Å²) in [7, 11) is 2.46. The first kappa shape index (κ1) is 35.0. The van der Waals surface area contributed by atoms with Gasteiger partial charge in [0.15, 0.2) is 0 Å². The first-order chi connectivity index (χ1) is 20.4. The molecule has 0 amide bonds. The van der Waals surface area contributed by atoms with Crippen LogP contribution in [0.2, 0.25) is 0 Å². The molecule has 3 atom stereocenters. The highest BCUT2D eigenvalue weighted by Crippen LogP contribution is 2.53. The lowest BCUT2D eigenvalue weighted by Crippen LogP contribution is -2.31. The molecule has 0 bridgehead atoms. The average molecular weight is 600 g/mol. The molecule has 0 saturated carbocycles. The minimum Gasteiger partial charge on any atom is -0.488 e. The zero-order valence-electron chi connectivity index (χ0n) is 28.8. The summed E-state index contributed by atoms with van der Waals surface area (Å²) in [5.41, 5.74) is 6.54. The van der Waals surface area contributed by atoms with E-state index < -0.39 is 0 Å². The lowest BCUT2D eigenvalue weighted by Gasteiger charge is -2.40. The van der Waals surface area contributed by atoms with E-state index in [1.165, 1.54) is 65.2 Å². The molecule has 0 aromatic heterocycles. The molecule has 0 spiro atoms. The van der Waals surface area contributed by atoms with Crippen molar-refractivity contribution in [2.45, 2.75) is 123 Å². The standard InChI is InChI=1S/C40H58NOP/c1-11-13-20-30(3)39(7,8)34-26-33(38(4,5)6)27-35(37(34)42-29-31-21-16-15-17-22-31)40(9,25-14-12-2)43-36-24-19-18-23-32(36)28-41-10/h15-19,21-24,26-28,30,43H,11-14,20,25,29H2,1-10H3. The van der Waals surface area contributed by atoms with Crippen molar-refractivity contribution < 1.29 is 4.74 Å². The van der Waals surface area contributed by atoms with Gasteiger partial charge < -0.3 is 4.74 Å². The van der Waals surface area contributed by atoms with Crippen LogP contribution in [0.1, 0.15) is 129 Å². The van der Waals surface area contributed by atoms with Gasteiger partial charge in [-0.3, -0.25) is 4.99 Å². The van der Waals surface area contributed by atoms with E-state index in [2.05, 4.69) is 134 Å². The van der Waals surface area contributed by atoms with Crippen molar-refractivity contribution in [3.63, 3.8) is 0 Å². The molecule has 0 aliphatic heterocycles. The Morgan fingerprint density at radius 3 is 2.09 bits per heavy atom. The maximum Gasteiger partial charge on any atom is 0.127 e. The van der Waals surface area contributed by atoms with Crippen LogP contribution in [-0.4, -0.2) is 13.3 Å². The molecule has 0 radical (unpaired) electrons. The summed E-state index contributed by atoms with van der Waals surface area (Å²) >= 11 is 0. The third-order valence-corrected chi connectivity index (χ3v) is 11.2. The van der Waals surface area contributed by atoms with Gasteiger partial charge in [-0.05, 0) is 51.6 Å². The SMILES string of the molecule is CCCCC(C)C(C)(C)c1cc(C(C)(C)C)cc(C(C)(CCCC)Pc2ccccc2C=NC)c1OCc1ccccc1. The van der Waals surface area contributed by atoms with Crippen molar-refractivity contribution in [2.75, 3.05) is 7.05 Å². The highest BCUT2D eigenvalue weighted by atomic mass is 31.1. The van der Waals surface area contributed by atoms with Crippen molar-refractivity contribution in [2.24, 2.45) is 10.9 Å². The summed E-state index contributed by atoms with van der Waals surface area (Å²) in [5, 5.41) is 1.29. The molecule has 234 valence electrons. The Balaban J connectivity index is 2.34. The molecule has 3 rings (SSSR count). The fourth-order valence-corrected chi connectivity index (χ4v) is 7.62. The Labute approximate surface area is 265 Å². The van der Waals surface area contributed by atoms with Crippen LogP contribution >= 0.6 is 8.58 Å². The van der Waals surface area contributed by atoms with Crippen LogP contribution in [0.15, 0.2) is 71.7 Å². The summed E-state index contributed by atoms with van der Waals surface area (Å²) < 4.78 is 7.08. The highest BCUT2D eigenvalue weighted by Gasteiger charge is 2.38. The van der Waals surface area contributed by atoms with Gasteiger partial charge in [0.05, 0.1) is 0 Å². The number of aliphatic imine (C=N–C) groups is 1. The molecule has 0 saturated heterocycles. The molecular weight excluding hydrogens is 541 g/mol. The molecule has 0 heterocycles. The molecular formula is C40H58NOP. The zero-order valence-corrected chi connectivity index (χ0v) is 29.8. The summed E-state index contributed by atoms with van der Waals surface area (Å²) in [6.07, 6.45) is 9.17. The van der Waals surface area contributed by atoms with Gasteiger partial charge in [-0.2, -0.15) is 0 Å². The summed E-state index contributed by atoms with van der Waals surface area (Å²) in [4.78, 5) is 4.40. The van der Waals surface area contributed by atoms with Gasteiger partial charge in [-0.25, -0.2) is 0 Å². The lowest BCUT2D eigenvalue weighted by molar-refractivity contribution is 0.266. The fraction of sp³-hybridized carbons (Fsp3) is 0.525. The minimum atomic E-state index is -0.0849. The Morgan fingerprint density at radius 2 is 1.47 bits per heavy atom. The van der Waals surface area contributed by atoms with E-state index in [-0.39, 0.29) is 16.0 Å². The first-order valence-electron chi connectivity index (χ1n) is 16.5. The molecule has 43 heavy (non-hydrogen) atoms. The van der Waals surface area contributed by atoms with Crippen molar-refractivity contribution in [3.8, 4) is 5.75 Å². The predicted molar refractivity (Wildman–Crippen MR) is 192 cm³/mol. The summed E-state index contributed by atoms with van der Waals surface area (Å²) in [5.74, 6) is 1.64. The predicted octanol–water partition coefficient (Wildman–Crippen LogP) is 11.1. The van der Waals surface area contributed by atoms with Crippen LogP contribution in [0.25, 0.3) is 0 Å². The molecule has 3 heteroatoms. The fourth-order valence-electron chi connectivity index (χ4n) is 5.93. The average Bonchev–Trinajstić information content (AvgIpc) is 2.98. The van der Waals surface area contributed by atoms with Crippen LogP contribution in [0.3, 0.4) is 0 Å². The van der Waals surface area contributed by atoms with Gasteiger partial charge in [0.1, 0.15) is 12.4 Å². The Hall–Kier alpha value is -2.44. The third kappa shape index (κ3) is 9.04. The molecule has 0 N–H and O–H groups in total. The quantitative estimate of drug-likeness (QED) is 0.126. The van der Waals surface area contributed by atoms with E-state index in [4.69, 9.17) is 4.74 Å². The van der Waals surface area contributed by atoms with Crippen LogP contribution in [0.4, 0.5) is 0 Å². The van der Waals surface area contributed by atoms with Crippen LogP contribution < -0.4 is 10.0 Å². The second kappa shape index (κ2) is 15.5. The summed E-state index contributed by atoms with van der Waals surface area (Å²) in [6, 6.07) is 24.5. The molecule has 3 unspecified atom stereocenters. The van der Waals surface area contributed by atoms with Gasteiger partial charge in [0.25, 0.3) is 0 Å². The van der Waals surface area contributed by atoms with E-state index in [0.717, 1.165) is 12.2 Å². The maximum absolute atomic E-state index is 7.08. The van der Waals surface area contributed by atoms with E-state index in [9.17, 15) is 0 Å². The number of nitrogens with zero attached hydrogens (tertiary/aromatic N) is 1. The van der Waals surface area contributed by atoms with Crippen molar-refractivity contribution in [1.29, 1.82) is 0 Å². The molecule has 2 nitrogen and oxygen atoms in total. The smallest absolute Gasteiger partial charge is 0.127 e. The monoisotopic (exact) mass is 599 g/mol. The number of ether oxygens (including phenoxy) is 1. The van der Waals surface area contributed by atoms with Gasteiger partial charge in [0.2, 0.25) is 0 Å². The Morgan fingerprint density at radius 1 is 0.837 bits per heavy atom. The van der Waals surface area contributed by atoms with E-state index >= 15 is 0 Å². The zero-order chi connectivity index (χ0) is 31.7. The maximum atomic E-state index is 7.08. The first-order valence-corrected chi connectivity index (χ1v) is 17.5. The number of benzene rings is 3. The van der Waals surface area contributed by atoms with E-state index in [1.807, 2.05) is 13.3 Å². The Kier molecular flexibility index (Phi) is 12.6. The largest absolute Gasteiger partial charge is 0.488 e. The lowest BCUT2D eigenvalue weighted by atomic mass is 9.69. The van der Waals surface area contributed by atoms with Crippen LogP contribution in [-0.2, 0) is 22.6 Å². The number of unbranched alkanes of at least 4 members (excludes halogenated alkanes) is 2. The molecule has 0 aliphatic rings. The van der Waals surface area contributed by atoms with Gasteiger partial charge in [0, 0.05) is 29.5 Å². The Bertz CT molecular complexity index is 1320. The second-order valence-electron chi connectivity index (χ2n) is 14.2. The molecule has 0 fully saturated rings. The number of hydrogen-bond acceptors (Lipinski definition) is 2. The van der Waals surface area contributed by atoms with Gasteiger partial charge in [-0.1, -0.05) is 163 Å². The van der Waals surface area contributed by atoms with Crippen LogP contribution in [0, 0.1) is 5.92 Å². The highest BCUT2D eigenvalue weighted by molar-refractivity contribution is 7.48. The second-order valence-corrected chi connectivity index (χ2v) is 16.1. The summed E-state index contributed by atoms with van der Waals surface area (Å²) in [6.45, 7) is 22.1. The number of rotatable bonds is 15. The van der Waals surface area contributed by atoms with Crippen molar-refractivity contribution in [1.82, 2.24) is 0 Å². The third-order valence-electron chi connectivity index (χ3n) is 9.36.